The Morgan fingerprint density at radius 1 is 1.39 bits per heavy atom. The van der Waals surface area contributed by atoms with E-state index < -0.39 is 17.6 Å². The Morgan fingerprint density at radius 3 is 2.61 bits per heavy atom. The topological polar surface area (TPSA) is 32.3 Å². The molecule has 0 aromatic heterocycles. The van der Waals surface area contributed by atoms with Crippen LogP contribution in [0.25, 0.3) is 0 Å². The van der Waals surface area contributed by atoms with Crippen LogP contribution in [-0.2, 0) is 17.5 Å². The molecule has 1 N–H and O–H groups in total. The van der Waals surface area contributed by atoms with Gasteiger partial charge in [0.2, 0.25) is 5.91 Å². The van der Waals surface area contributed by atoms with Gasteiger partial charge in [-0.25, -0.2) is 4.39 Å². The Balaban J connectivity index is 1.92. The lowest BCUT2D eigenvalue weighted by atomic mass is 10.1. The van der Waals surface area contributed by atoms with Gasteiger partial charge in [0.1, 0.15) is 5.82 Å². The monoisotopic (exact) mass is 332 g/mol. The van der Waals surface area contributed by atoms with E-state index in [1.807, 2.05) is 0 Å². The predicted molar refractivity (Wildman–Crippen MR) is 78.1 cm³/mol. The van der Waals surface area contributed by atoms with E-state index in [2.05, 4.69) is 24.1 Å². The lowest BCUT2D eigenvalue weighted by Gasteiger charge is -2.20. The van der Waals surface area contributed by atoms with Crippen LogP contribution in [0.1, 0.15) is 31.4 Å². The second-order valence-corrected chi connectivity index (χ2v) is 6.10. The van der Waals surface area contributed by atoms with Crippen LogP contribution in [0.15, 0.2) is 18.2 Å². The highest BCUT2D eigenvalue weighted by molar-refractivity contribution is 5.79. The van der Waals surface area contributed by atoms with Gasteiger partial charge < -0.3 is 10.2 Å². The highest BCUT2D eigenvalue weighted by Crippen LogP contribution is 2.30. The van der Waals surface area contributed by atoms with E-state index in [0.717, 1.165) is 25.1 Å². The van der Waals surface area contributed by atoms with Crippen LogP contribution in [0.2, 0.25) is 0 Å². The molecule has 0 unspecified atom stereocenters. The normalized spacial score (nSPS) is 19.3. The van der Waals surface area contributed by atoms with E-state index in [1.54, 1.807) is 0 Å². The molecule has 23 heavy (non-hydrogen) atoms. The van der Waals surface area contributed by atoms with Gasteiger partial charge in [-0.2, -0.15) is 13.2 Å². The largest absolute Gasteiger partial charge is 0.416 e. The number of halogens is 4. The Bertz CT molecular complexity index is 572. The number of amides is 1. The minimum Gasteiger partial charge on any atom is -0.352 e. The van der Waals surface area contributed by atoms with Crippen molar-refractivity contribution in [1.82, 2.24) is 10.2 Å². The van der Waals surface area contributed by atoms with Gasteiger partial charge in [-0.05, 0) is 38.9 Å². The third-order valence-corrected chi connectivity index (χ3v) is 4.15. The minimum atomic E-state index is -4.58. The van der Waals surface area contributed by atoms with Gasteiger partial charge in [0, 0.05) is 24.7 Å². The Kier molecular flexibility index (Phi) is 5.29. The standard InChI is InChI=1S/C16H20F4N2O/c1-10(2)22-6-5-12(9-22)15(23)21-8-11-3-4-13(7-14(11)17)16(18,19)20/h3-4,7,10,12H,5-6,8-9H2,1-2H3,(H,21,23)/t12-/m1/s1. The molecule has 3 nitrogen and oxygen atoms in total. The average molecular weight is 332 g/mol. The predicted octanol–water partition coefficient (Wildman–Crippen LogP) is 3.19. The summed E-state index contributed by atoms with van der Waals surface area (Å²) < 4.78 is 51.2. The SMILES string of the molecule is CC(C)N1CC[C@@H](C(=O)NCc2ccc(C(F)(F)F)cc2F)C1. The zero-order valence-electron chi connectivity index (χ0n) is 13.1. The number of hydrogen-bond donors (Lipinski definition) is 1. The van der Waals surface area contributed by atoms with Gasteiger partial charge in [0.15, 0.2) is 0 Å². The van der Waals surface area contributed by atoms with Gasteiger partial charge in [0.05, 0.1) is 11.5 Å². The summed E-state index contributed by atoms with van der Waals surface area (Å²) in [4.78, 5) is 14.3. The maximum Gasteiger partial charge on any atom is 0.416 e. The molecular formula is C16H20F4N2O. The molecule has 0 radical (unpaired) electrons. The number of alkyl halides is 3. The van der Waals surface area contributed by atoms with Crippen molar-refractivity contribution in [3.8, 4) is 0 Å². The molecule has 0 spiro atoms. The van der Waals surface area contributed by atoms with Crippen LogP contribution in [0.5, 0.6) is 0 Å². The van der Waals surface area contributed by atoms with Crippen molar-refractivity contribution in [3.05, 3.63) is 35.1 Å². The number of likely N-dealkylation sites (tertiary alicyclic amines) is 1. The lowest BCUT2D eigenvalue weighted by Crippen LogP contribution is -2.34. The molecule has 0 aliphatic carbocycles. The van der Waals surface area contributed by atoms with Crippen molar-refractivity contribution < 1.29 is 22.4 Å². The van der Waals surface area contributed by atoms with E-state index >= 15 is 0 Å². The van der Waals surface area contributed by atoms with Crippen LogP contribution < -0.4 is 5.32 Å². The van der Waals surface area contributed by atoms with Crippen LogP contribution in [0.4, 0.5) is 17.6 Å². The second-order valence-electron chi connectivity index (χ2n) is 6.10. The zero-order valence-corrected chi connectivity index (χ0v) is 13.1. The Morgan fingerprint density at radius 2 is 2.09 bits per heavy atom. The molecule has 0 bridgehead atoms. The first-order chi connectivity index (χ1) is 10.7. The number of carbonyl (C=O) groups excluding carboxylic acids is 1. The zero-order chi connectivity index (χ0) is 17.2. The van der Waals surface area contributed by atoms with E-state index in [1.165, 1.54) is 0 Å². The molecule has 1 atom stereocenters. The summed E-state index contributed by atoms with van der Waals surface area (Å²) in [7, 11) is 0. The van der Waals surface area contributed by atoms with Gasteiger partial charge >= 0.3 is 6.18 Å². The molecule has 1 aromatic rings. The molecule has 1 heterocycles. The molecule has 1 amide bonds. The molecule has 1 aromatic carbocycles. The Labute approximate surface area is 132 Å². The average Bonchev–Trinajstić information content (AvgIpc) is 2.94. The molecule has 7 heteroatoms. The molecular weight excluding hydrogens is 312 g/mol. The minimum absolute atomic E-state index is 0.0464. The summed E-state index contributed by atoms with van der Waals surface area (Å²) in [6.07, 6.45) is -3.84. The molecule has 1 fully saturated rings. The number of carbonyl (C=O) groups is 1. The molecule has 2 rings (SSSR count). The first-order valence-corrected chi connectivity index (χ1v) is 7.56. The number of rotatable bonds is 4. The molecule has 1 saturated heterocycles. The maximum absolute atomic E-state index is 13.7. The summed E-state index contributed by atoms with van der Waals surface area (Å²) in [5.74, 6) is -1.31. The van der Waals surface area contributed by atoms with Crippen molar-refractivity contribution in [2.24, 2.45) is 5.92 Å². The summed E-state index contributed by atoms with van der Waals surface area (Å²) >= 11 is 0. The number of hydrogen-bond acceptors (Lipinski definition) is 2. The summed E-state index contributed by atoms with van der Waals surface area (Å²) in [6.45, 7) is 5.49. The fraction of sp³-hybridized carbons (Fsp3) is 0.562. The lowest BCUT2D eigenvalue weighted by molar-refractivity contribution is -0.137. The van der Waals surface area contributed by atoms with Crippen LogP contribution in [0, 0.1) is 11.7 Å². The van der Waals surface area contributed by atoms with Gasteiger partial charge in [-0.15, -0.1) is 0 Å². The number of nitrogens with one attached hydrogen (secondary N) is 1. The molecule has 128 valence electrons. The smallest absolute Gasteiger partial charge is 0.352 e. The Hall–Kier alpha value is -1.63. The van der Waals surface area contributed by atoms with E-state index in [4.69, 9.17) is 0 Å². The second kappa shape index (κ2) is 6.86. The summed E-state index contributed by atoms with van der Waals surface area (Å²) in [5.41, 5.74) is -0.987. The van der Waals surface area contributed by atoms with Crippen molar-refractivity contribution in [3.63, 3.8) is 0 Å². The van der Waals surface area contributed by atoms with E-state index in [0.29, 0.717) is 18.7 Å². The van der Waals surface area contributed by atoms with Crippen molar-refractivity contribution in [2.45, 2.75) is 39.0 Å². The summed E-state index contributed by atoms with van der Waals surface area (Å²) in [5, 5.41) is 2.61. The number of nitrogens with zero attached hydrogens (tertiary/aromatic N) is 1. The van der Waals surface area contributed by atoms with Crippen molar-refractivity contribution in [2.75, 3.05) is 13.1 Å². The van der Waals surface area contributed by atoms with Crippen LogP contribution >= 0.6 is 0 Å². The van der Waals surface area contributed by atoms with Gasteiger partial charge in [-0.3, -0.25) is 4.79 Å². The molecule has 1 aliphatic heterocycles. The maximum atomic E-state index is 13.7. The van der Waals surface area contributed by atoms with Crippen molar-refractivity contribution in [1.29, 1.82) is 0 Å². The third kappa shape index (κ3) is 4.43. The molecule has 1 aliphatic rings. The van der Waals surface area contributed by atoms with E-state index in [-0.39, 0.29) is 23.9 Å². The highest BCUT2D eigenvalue weighted by atomic mass is 19.4. The van der Waals surface area contributed by atoms with Crippen LogP contribution in [0.3, 0.4) is 0 Å². The number of benzene rings is 1. The first kappa shape index (κ1) is 17.7. The van der Waals surface area contributed by atoms with Crippen LogP contribution in [-0.4, -0.2) is 29.9 Å². The van der Waals surface area contributed by atoms with E-state index in [9.17, 15) is 22.4 Å². The first-order valence-electron chi connectivity index (χ1n) is 7.56. The fourth-order valence-corrected chi connectivity index (χ4v) is 2.66. The quantitative estimate of drug-likeness (QED) is 0.859. The third-order valence-electron chi connectivity index (χ3n) is 4.15. The highest BCUT2D eigenvalue weighted by Gasteiger charge is 2.32. The molecule has 0 saturated carbocycles. The van der Waals surface area contributed by atoms with Crippen molar-refractivity contribution >= 4 is 5.91 Å². The summed E-state index contributed by atoms with van der Waals surface area (Å²) in [6, 6.07) is 2.70. The van der Waals surface area contributed by atoms with Gasteiger partial charge in [-0.1, -0.05) is 6.07 Å². The van der Waals surface area contributed by atoms with Gasteiger partial charge in [0.25, 0.3) is 0 Å². The fourth-order valence-electron chi connectivity index (χ4n) is 2.66.